The maximum absolute atomic E-state index is 12.4. The molecule has 2 aromatic rings. The number of halogens is 1. The van der Waals surface area contributed by atoms with Gasteiger partial charge in [0.1, 0.15) is 23.0 Å². The number of benzene rings is 2. The molecule has 134 valence electrons. The first-order valence-electron chi connectivity index (χ1n) is 7.35. The van der Waals surface area contributed by atoms with Gasteiger partial charge in [-0.25, -0.2) is 13.1 Å². The van der Waals surface area contributed by atoms with Crippen LogP contribution in [0.5, 0.6) is 23.0 Å². The average Bonchev–Trinajstić information content (AvgIpc) is 3.06. The van der Waals surface area contributed by atoms with Crippen LogP contribution in [-0.2, 0) is 10.0 Å². The van der Waals surface area contributed by atoms with Gasteiger partial charge in [-0.15, -0.1) is 0 Å². The predicted molar refractivity (Wildman–Crippen MR) is 91.3 cm³/mol. The van der Waals surface area contributed by atoms with Crippen molar-refractivity contribution in [3.05, 3.63) is 41.4 Å². The summed E-state index contributed by atoms with van der Waals surface area (Å²) >= 11 is 5.87. The van der Waals surface area contributed by atoms with Crippen molar-refractivity contribution < 1.29 is 27.4 Å². The summed E-state index contributed by atoms with van der Waals surface area (Å²) in [5.41, 5.74) is 0. The van der Waals surface area contributed by atoms with Gasteiger partial charge < -0.3 is 18.9 Å². The number of methoxy groups -OCH3 is 1. The largest absolute Gasteiger partial charge is 0.495 e. The minimum Gasteiger partial charge on any atom is -0.495 e. The summed E-state index contributed by atoms with van der Waals surface area (Å²) in [7, 11) is -2.38. The Hall–Kier alpha value is -2.16. The summed E-state index contributed by atoms with van der Waals surface area (Å²) < 4.78 is 48.3. The van der Waals surface area contributed by atoms with Crippen LogP contribution >= 0.6 is 11.6 Å². The van der Waals surface area contributed by atoms with E-state index in [-0.39, 0.29) is 30.6 Å². The molecular weight excluding hydrogens is 370 g/mol. The van der Waals surface area contributed by atoms with Crippen molar-refractivity contribution >= 4 is 21.6 Å². The molecule has 0 aliphatic carbocycles. The Bertz CT molecular complexity index is 871. The van der Waals surface area contributed by atoms with Crippen LogP contribution in [0.3, 0.4) is 0 Å². The van der Waals surface area contributed by atoms with Crippen LogP contribution in [0.25, 0.3) is 0 Å². The fraction of sp³-hybridized carbons (Fsp3) is 0.250. The molecule has 25 heavy (non-hydrogen) atoms. The number of ether oxygens (including phenoxy) is 4. The molecule has 0 atom stereocenters. The molecule has 0 radical (unpaired) electrons. The van der Waals surface area contributed by atoms with E-state index in [1.165, 1.54) is 19.2 Å². The summed E-state index contributed by atoms with van der Waals surface area (Å²) in [6, 6.07) is 9.54. The monoisotopic (exact) mass is 385 g/mol. The summed E-state index contributed by atoms with van der Waals surface area (Å²) in [4.78, 5) is -0.0226. The molecule has 1 aliphatic rings. The predicted octanol–water partition coefficient (Wildman–Crippen LogP) is 2.43. The minimum atomic E-state index is -3.77. The smallest absolute Gasteiger partial charge is 0.244 e. The van der Waals surface area contributed by atoms with Gasteiger partial charge in [0.15, 0.2) is 11.5 Å². The van der Waals surface area contributed by atoms with E-state index in [2.05, 4.69) is 4.72 Å². The summed E-state index contributed by atoms with van der Waals surface area (Å²) in [5, 5.41) is 0.304. The third-order valence-electron chi connectivity index (χ3n) is 3.42. The lowest BCUT2D eigenvalue weighted by atomic mass is 10.3. The number of nitrogens with one attached hydrogen (secondary N) is 1. The topological polar surface area (TPSA) is 83.1 Å². The number of fused-ring (bicyclic) bond motifs is 1. The highest BCUT2D eigenvalue weighted by atomic mass is 35.5. The van der Waals surface area contributed by atoms with Gasteiger partial charge in [0.05, 0.1) is 7.11 Å². The lowest BCUT2D eigenvalue weighted by molar-refractivity contribution is 0.173. The number of sulfonamides is 1. The van der Waals surface area contributed by atoms with Gasteiger partial charge >= 0.3 is 0 Å². The zero-order valence-electron chi connectivity index (χ0n) is 13.3. The molecular formula is C16H16ClNO6S. The van der Waals surface area contributed by atoms with Crippen molar-refractivity contribution in [2.75, 3.05) is 27.1 Å². The van der Waals surface area contributed by atoms with Crippen LogP contribution in [-0.4, -0.2) is 35.5 Å². The number of hydrogen-bond donors (Lipinski definition) is 1. The molecule has 0 saturated heterocycles. The van der Waals surface area contributed by atoms with Gasteiger partial charge in [-0.1, -0.05) is 11.6 Å². The quantitative estimate of drug-likeness (QED) is 0.737. The molecule has 1 N–H and O–H groups in total. The van der Waals surface area contributed by atoms with E-state index in [1.54, 1.807) is 24.3 Å². The molecule has 1 aliphatic heterocycles. The summed E-state index contributed by atoms with van der Waals surface area (Å²) in [5.74, 6) is 2.03. The molecule has 0 fully saturated rings. The number of hydrogen-bond acceptors (Lipinski definition) is 6. The minimum absolute atomic E-state index is 0.0226. The zero-order valence-corrected chi connectivity index (χ0v) is 14.9. The fourth-order valence-corrected chi connectivity index (χ4v) is 3.69. The maximum Gasteiger partial charge on any atom is 0.244 e. The van der Waals surface area contributed by atoms with Crippen LogP contribution in [0.2, 0.25) is 5.02 Å². The Morgan fingerprint density at radius 2 is 1.96 bits per heavy atom. The zero-order chi connectivity index (χ0) is 17.9. The third kappa shape index (κ3) is 4.09. The van der Waals surface area contributed by atoms with Crippen molar-refractivity contribution in [1.82, 2.24) is 4.72 Å². The molecule has 0 spiro atoms. The fourth-order valence-electron chi connectivity index (χ4n) is 2.25. The normalized spacial score (nSPS) is 12.9. The molecule has 0 bridgehead atoms. The molecule has 0 amide bonds. The van der Waals surface area contributed by atoms with Gasteiger partial charge in [0, 0.05) is 17.6 Å². The SMILES string of the molecule is COc1ccc(Cl)cc1S(=O)(=O)NCCOc1ccc2c(c1)OCO2. The van der Waals surface area contributed by atoms with Crippen molar-refractivity contribution in [3.63, 3.8) is 0 Å². The Morgan fingerprint density at radius 3 is 2.76 bits per heavy atom. The van der Waals surface area contributed by atoms with Crippen LogP contribution < -0.4 is 23.7 Å². The van der Waals surface area contributed by atoms with Gasteiger partial charge in [0.25, 0.3) is 0 Å². The van der Waals surface area contributed by atoms with Gasteiger partial charge in [0.2, 0.25) is 16.8 Å². The highest BCUT2D eigenvalue weighted by Gasteiger charge is 2.20. The first-order chi connectivity index (χ1) is 12.0. The standard InChI is InChI=1S/C16H16ClNO6S/c1-21-14-4-2-11(17)8-16(14)25(19,20)18-6-7-22-12-3-5-13-15(9-12)24-10-23-13/h2-5,8-9,18H,6-7,10H2,1H3. The Kier molecular flexibility index (Phi) is 5.22. The van der Waals surface area contributed by atoms with E-state index < -0.39 is 10.0 Å². The second kappa shape index (κ2) is 7.38. The van der Waals surface area contributed by atoms with Gasteiger partial charge in [-0.2, -0.15) is 0 Å². The second-order valence-electron chi connectivity index (χ2n) is 5.06. The molecule has 3 rings (SSSR count). The van der Waals surface area contributed by atoms with E-state index in [4.69, 9.17) is 30.5 Å². The van der Waals surface area contributed by atoms with Gasteiger partial charge in [-0.05, 0) is 30.3 Å². The molecule has 2 aromatic carbocycles. The van der Waals surface area contributed by atoms with Crippen LogP contribution in [0, 0.1) is 0 Å². The first-order valence-corrected chi connectivity index (χ1v) is 9.21. The van der Waals surface area contributed by atoms with Crippen molar-refractivity contribution in [2.24, 2.45) is 0 Å². The lowest BCUT2D eigenvalue weighted by Crippen LogP contribution is -2.28. The van der Waals surface area contributed by atoms with Crippen molar-refractivity contribution in [1.29, 1.82) is 0 Å². The Balaban J connectivity index is 1.59. The highest BCUT2D eigenvalue weighted by molar-refractivity contribution is 7.89. The van der Waals surface area contributed by atoms with Crippen molar-refractivity contribution in [2.45, 2.75) is 4.90 Å². The summed E-state index contributed by atoms with van der Waals surface area (Å²) in [6.45, 7) is 0.397. The third-order valence-corrected chi connectivity index (χ3v) is 5.14. The first kappa shape index (κ1) is 17.7. The maximum atomic E-state index is 12.4. The molecule has 7 nitrogen and oxygen atoms in total. The van der Waals surface area contributed by atoms with Crippen LogP contribution in [0.1, 0.15) is 0 Å². The highest BCUT2D eigenvalue weighted by Crippen LogP contribution is 2.35. The van der Waals surface area contributed by atoms with Crippen LogP contribution in [0.15, 0.2) is 41.3 Å². The van der Waals surface area contributed by atoms with E-state index in [0.29, 0.717) is 22.3 Å². The van der Waals surface area contributed by atoms with Crippen LogP contribution in [0.4, 0.5) is 0 Å². The molecule has 0 aromatic heterocycles. The number of rotatable bonds is 7. The molecule has 0 unspecified atom stereocenters. The molecule has 0 saturated carbocycles. The van der Waals surface area contributed by atoms with E-state index in [9.17, 15) is 8.42 Å². The van der Waals surface area contributed by atoms with Crippen molar-refractivity contribution in [3.8, 4) is 23.0 Å². The van der Waals surface area contributed by atoms with E-state index in [1.807, 2.05) is 0 Å². The lowest BCUT2D eigenvalue weighted by Gasteiger charge is -2.12. The Labute approximate surface area is 150 Å². The average molecular weight is 386 g/mol. The molecule has 1 heterocycles. The molecule has 9 heteroatoms. The summed E-state index contributed by atoms with van der Waals surface area (Å²) in [6.07, 6.45) is 0. The van der Waals surface area contributed by atoms with E-state index in [0.717, 1.165) is 0 Å². The second-order valence-corrected chi connectivity index (χ2v) is 7.23. The van der Waals surface area contributed by atoms with E-state index >= 15 is 0 Å². The van der Waals surface area contributed by atoms with Gasteiger partial charge in [-0.3, -0.25) is 0 Å². The Morgan fingerprint density at radius 1 is 1.16 bits per heavy atom.